The Labute approximate surface area is 174 Å². The number of hydrogen-bond acceptors (Lipinski definition) is 5. The number of imide groups is 1. The van der Waals surface area contributed by atoms with Crippen LogP contribution >= 0.6 is 12.4 Å². The lowest BCUT2D eigenvalue weighted by atomic mass is 10.0. The number of pyridine rings is 1. The van der Waals surface area contributed by atoms with E-state index in [1.807, 2.05) is 23.1 Å². The second-order valence-electron chi connectivity index (χ2n) is 6.84. The van der Waals surface area contributed by atoms with Crippen molar-refractivity contribution in [3.05, 3.63) is 65.5 Å². The molecule has 1 atom stereocenters. The van der Waals surface area contributed by atoms with Crippen molar-refractivity contribution in [2.75, 3.05) is 26.2 Å². The highest BCUT2D eigenvalue weighted by molar-refractivity contribution is 6.02. The molecule has 4 rings (SSSR count). The van der Waals surface area contributed by atoms with E-state index in [1.54, 1.807) is 30.6 Å². The van der Waals surface area contributed by atoms with Gasteiger partial charge in [0.1, 0.15) is 0 Å². The molecule has 4 amide bonds. The first kappa shape index (κ1) is 20.8. The number of benzene rings is 1. The van der Waals surface area contributed by atoms with E-state index in [1.165, 1.54) is 0 Å². The lowest BCUT2D eigenvalue weighted by molar-refractivity contribution is -0.125. The van der Waals surface area contributed by atoms with Gasteiger partial charge in [0.25, 0.3) is 5.91 Å². The van der Waals surface area contributed by atoms with E-state index in [4.69, 9.17) is 0 Å². The largest absolute Gasteiger partial charge is 0.329 e. The van der Waals surface area contributed by atoms with Crippen molar-refractivity contribution in [1.29, 1.82) is 0 Å². The number of amides is 4. The van der Waals surface area contributed by atoms with Crippen LogP contribution in [-0.2, 0) is 11.3 Å². The highest BCUT2D eigenvalue weighted by Gasteiger charge is 2.30. The van der Waals surface area contributed by atoms with Gasteiger partial charge >= 0.3 is 6.03 Å². The summed E-state index contributed by atoms with van der Waals surface area (Å²) in [5.41, 5.74) is 2.27. The van der Waals surface area contributed by atoms with Crippen molar-refractivity contribution >= 4 is 30.3 Å². The van der Waals surface area contributed by atoms with Crippen LogP contribution in [0.1, 0.15) is 27.5 Å². The molecule has 2 aliphatic heterocycles. The predicted molar refractivity (Wildman–Crippen MR) is 109 cm³/mol. The molecule has 2 fully saturated rings. The number of rotatable bonds is 4. The number of aromatic nitrogens is 1. The van der Waals surface area contributed by atoms with Crippen LogP contribution in [0.25, 0.3) is 0 Å². The Morgan fingerprint density at radius 2 is 2.07 bits per heavy atom. The van der Waals surface area contributed by atoms with Crippen LogP contribution in [-0.4, -0.2) is 58.8 Å². The van der Waals surface area contributed by atoms with Crippen LogP contribution in [0.15, 0.2) is 48.8 Å². The van der Waals surface area contributed by atoms with Crippen LogP contribution < -0.4 is 10.6 Å². The third kappa shape index (κ3) is 4.38. The van der Waals surface area contributed by atoms with Crippen molar-refractivity contribution in [3.63, 3.8) is 0 Å². The summed E-state index contributed by atoms with van der Waals surface area (Å²) in [6.07, 6.45) is 3.50. The van der Waals surface area contributed by atoms with E-state index in [2.05, 4.69) is 15.6 Å². The number of nitrogens with one attached hydrogen (secondary N) is 2. The Morgan fingerprint density at radius 3 is 2.79 bits per heavy atom. The molecule has 3 heterocycles. The van der Waals surface area contributed by atoms with Crippen LogP contribution in [0.5, 0.6) is 0 Å². The summed E-state index contributed by atoms with van der Waals surface area (Å²) in [5, 5.41) is 5.83. The average Bonchev–Trinajstić information content (AvgIpc) is 3.06. The molecule has 0 spiro atoms. The quantitative estimate of drug-likeness (QED) is 0.735. The second kappa shape index (κ2) is 9.02. The number of halogens is 1. The molecule has 0 bridgehead atoms. The molecule has 0 saturated carbocycles. The van der Waals surface area contributed by atoms with E-state index in [0.717, 1.165) is 22.6 Å². The molecular formula is C20H22ClN5O3. The SMILES string of the molecule is Cl.O=C1CNC(=O)N1Cc1cccc(C(=O)N2CCNCC2c2cccnc2)c1. The van der Waals surface area contributed by atoms with Gasteiger partial charge in [0.2, 0.25) is 5.91 Å². The lowest BCUT2D eigenvalue weighted by Gasteiger charge is -2.36. The maximum absolute atomic E-state index is 13.2. The Kier molecular flexibility index (Phi) is 6.46. The monoisotopic (exact) mass is 415 g/mol. The number of nitrogens with zero attached hydrogens (tertiary/aromatic N) is 3. The molecule has 1 aromatic carbocycles. The van der Waals surface area contributed by atoms with Crippen molar-refractivity contribution in [1.82, 2.24) is 25.4 Å². The van der Waals surface area contributed by atoms with Crippen molar-refractivity contribution < 1.29 is 14.4 Å². The van der Waals surface area contributed by atoms with E-state index in [9.17, 15) is 14.4 Å². The molecule has 9 heteroatoms. The average molecular weight is 416 g/mol. The summed E-state index contributed by atoms with van der Waals surface area (Å²) in [5.74, 6) is -0.338. The summed E-state index contributed by atoms with van der Waals surface area (Å²) in [7, 11) is 0. The zero-order valence-electron chi connectivity index (χ0n) is 15.7. The van der Waals surface area contributed by atoms with Gasteiger partial charge in [0.05, 0.1) is 19.1 Å². The van der Waals surface area contributed by atoms with E-state index in [0.29, 0.717) is 18.7 Å². The number of urea groups is 1. The molecule has 152 valence electrons. The Bertz CT molecular complexity index is 892. The molecule has 1 aromatic heterocycles. The summed E-state index contributed by atoms with van der Waals surface area (Å²) in [4.78, 5) is 44.0. The van der Waals surface area contributed by atoms with Gasteiger partial charge in [0.15, 0.2) is 0 Å². The van der Waals surface area contributed by atoms with Crippen LogP contribution in [0.2, 0.25) is 0 Å². The van der Waals surface area contributed by atoms with Gasteiger partial charge < -0.3 is 15.5 Å². The van der Waals surface area contributed by atoms with Gasteiger partial charge in [-0.15, -0.1) is 12.4 Å². The molecule has 0 radical (unpaired) electrons. The zero-order valence-corrected chi connectivity index (χ0v) is 16.5. The maximum atomic E-state index is 13.2. The van der Waals surface area contributed by atoms with Gasteiger partial charge in [-0.05, 0) is 29.3 Å². The minimum absolute atomic E-state index is 0. The summed E-state index contributed by atoms with van der Waals surface area (Å²) in [6.45, 7) is 2.16. The third-order valence-electron chi connectivity index (χ3n) is 5.03. The highest BCUT2D eigenvalue weighted by Crippen LogP contribution is 2.24. The van der Waals surface area contributed by atoms with Gasteiger partial charge in [-0.3, -0.25) is 19.5 Å². The van der Waals surface area contributed by atoms with Crippen LogP contribution in [0.4, 0.5) is 4.79 Å². The Balaban J connectivity index is 0.00000240. The number of carbonyl (C=O) groups is 3. The van der Waals surface area contributed by atoms with Gasteiger partial charge in [-0.25, -0.2) is 4.79 Å². The summed E-state index contributed by atoms with van der Waals surface area (Å²) in [6, 6.07) is 10.5. The van der Waals surface area contributed by atoms with E-state index in [-0.39, 0.29) is 43.4 Å². The number of carbonyl (C=O) groups excluding carboxylic acids is 3. The van der Waals surface area contributed by atoms with E-state index < -0.39 is 6.03 Å². The molecule has 29 heavy (non-hydrogen) atoms. The molecule has 2 aromatic rings. The van der Waals surface area contributed by atoms with E-state index >= 15 is 0 Å². The van der Waals surface area contributed by atoms with Crippen LogP contribution in [0, 0.1) is 0 Å². The smallest absolute Gasteiger partial charge is 0.324 e. The fourth-order valence-electron chi connectivity index (χ4n) is 3.58. The molecule has 0 aliphatic carbocycles. The fourth-order valence-corrected chi connectivity index (χ4v) is 3.58. The molecule has 2 N–H and O–H groups in total. The van der Waals surface area contributed by atoms with Gasteiger partial charge in [-0.2, -0.15) is 0 Å². The number of piperazine rings is 1. The van der Waals surface area contributed by atoms with Gasteiger partial charge in [0, 0.05) is 37.6 Å². The molecule has 8 nitrogen and oxygen atoms in total. The summed E-state index contributed by atoms with van der Waals surface area (Å²) < 4.78 is 0. The summed E-state index contributed by atoms with van der Waals surface area (Å²) >= 11 is 0. The third-order valence-corrected chi connectivity index (χ3v) is 5.03. The highest BCUT2D eigenvalue weighted by atomic mass is 35.5. The first-order chi connectivity index (χ1) is 13.6. The minimum Gasteiger partial charge on any atom is -0.329 e. The van der Waals surface area contributed by atoms with Crippen molar-refractivity contribution in [2.45, 2.75) is 12.6 Å². The molecular weight excluding hydrogens is 394 g/mol. The standard InChI is InChI=1S/C20H21N5O3.ClH/c26-18-12-23-20(28)25(18)13-14-3-1-4-15(9-14)19(27)24-8-7-22-11-17(24)16-5-2-6-21-10-16;/h1-6,9-10,17,22H,7-8,11-13H2,(H,23,28);1H. The topological polar surface area (TPSA) is 94.6 Å². The molecule has 2 saturated heterocycles. The second-order valence-corrected chi connectivity index (χ2v) is 6.84. The maximum Gasteiger partial charge on any atom is 0.324 e. The lowest BCUT2D eigenvalue weighted by Crippen LogP contribution is -2.48. The first-order valence-electron chi connectivity index (χ1n) is 9.22. The van der Waals surface area contributed by atoms with Gasteiger partial charge in [-0.1, -0.05) is 18.2 Å². The molecule has 1 unspecified atom stereocenters. The van der Waals surface area contributed by atoms with Crippen molar-refractivity contribution in [3.8, 4) is 0 Å². The minimum atomic E-state index is -0.402. The van der Waals surface area contributed by atoms with Crippen molar-refractivity contribution in [2.24, 2.45) is 0 Å². The normalized spacial score (nSPS) is 19.0. The Hall–Kier alpha value is -2.97. The fraction of sp³-hybridized carbons (Fsp3) is 0.300. The number of hydrogen-bond donors (Lipinski definition) is 2. The van der Waals surface area contributed by atoms with Crippen LogP contribution in [0.3, 0.4) is 0 Å². The Morgan fingerprint density at radius 1 is 1.21 bits per heavy atom. The predicted octanol–water partition coefficient (Wildman–Crippen LogP) is 1.34. The molecule has 2 aliphatic rings. The zero-order chi connectivity index (χ0) is 19.5. The first-order valence-corrected chi connectivity index (χ1v) is 9.22.